The molecule has 2 N–H and O–H groups in total. The number of carbonyl (C=O) groups excluding carboxylic acids is 1. The molecule has 2 unspecified atom stereocenters. The molecular formula is C10H18ClNO. The summed E-state index contributed by atoms with van der Waals surface area (Å²) in [4.78, 5) is 10.9. The van der Waals surface area contributed by atoms with Gasteiger partial charge in [-0.15, -0.1) is 11.6 Å². The van der Waals surface area contributed by atoms with Gasteiger partial charge in [-0.2, -0.15) is 0 Å². The number of hydrogen-bond acceptors (Lipinski definition) is 1. The Labute approximate surface area is 84.8 Å². The maximum Gasteiger partial charge on any atom is 0.235 e. The van der Waals surface area contributed by atoms with Crippen molar-refractivity contribution < 1.29 is 4.79 Å². The lowest BCUT2D eigenvalue weighted by atomic mass is 9.79. The summed E-state index contributed by atoms with van der Waals surface area (Å²) in [7, 11) is 0. The second-order valence-corrected chi connectivity index (χ2v) is 4.53. The van der Waals surface area contributed by atoms with Crippen LogP contribution in [0.3, 0.4) is 0 Å². The molecule has 2 nitrogen and oxygen atoms in total. The zero-order valence-corrected chi connectivity index (χ0v) is 8.89. The lowest BCUT2D eigenvalue weighted by Gasteiger charge is -2.29. The second-order valence-electron chi connectivity index (χ2n) is 4.06. The molecule has 3 heteroatoms. The summed E-state index contributed by atoms with van der Waals surface area (Å²) in [5, 5.41) is -0.483. The second kappa shape index (κ2) is 4.85. The van der Waals surface area contributed by atoms with Crippen LogP contribution < -0.4 is 5.73 Å². The lowest BCUT2D eigenvalue weighted by molar-refractivity contribution is -0.118. The summed E-state index contributed by atoms with van der Waals surface area (Å²) < 4.78 is 0. The van der Waals surface area contributed by atoms with E-state index >= 15 is 0 Å². The van der Waals surface area contributed by atoms with E-state index in [9.17, 15) is 4.79 Å². The Morgan fingerprint density at radius 2 is 1.92 bits per heavy atom. The fourth-order valence-corrected chi connectivity index (χ4v) is 2.36. The molecule has 1 saturated carbocycles. The van der Waals surface area contributed by atoms with Gasteiger partial charge in [0, 0.05) is 0 Å². The van der Waals surface area contributed by atoms with Crippen LogP contribution in [0.25, 0.3) is 0 Å². The van der Waals surface area contributed by atoms with Gasteiger partial charge in [0.25, 0.3) is 0 Å². The van der Waals surface area contributed by atoms with E-state index in [1.54, 1.807) is 0 Å². The van der Waals surface area contributed by atoms with E-state index < -0.39 is 5.38 Å². The van der Waals surface area contributed by atoms with Crippen LogP contribution in [0.15, 0.2) is 0 Å². The molecule has 0 heterocycles. The topological polar surface area (TPSA) is 43.1 Å². The molecule has 0 aromatic rings. The fraction of sp³-hybridized carbons (Fsp3) is 0.900. The highest BCUT2D eigenvalue weighted by molar-refractivity contribution is 6.30. The average molecular weight is 204 g/mol. The molecule has 0 radical (unpaired) electrons. The molecule has 1 fully saturated rings. The van der Waals surface area contributed by atoms with Crippen molar-refractivity contribution in [1.82, 2.24) is 0 Å². The summed E-state index contributed by atoms with van der Waals surface area (Å²) in [5.74, 6) is 0.461. The molecule has 0 aromatic heterocycles. The van der Waals surface area contributed by atoms with Crippen LogP contribution in [-0.4, -0.2) is 11.3 Å². The van der Waals surface area contributed by atoms with E-state index in [1.165, 1.54) is 32.1 Å². The summed E-state index contributed by atoms with van der Waals surface area (Å²) in [6.07, 6.45) is 6.29. The molecule has 1 amide bonds. The zero-order valence-electron chi connectivity index (χ0n) is 8.13. The van der Waals surface area contributed by atoms with Crippen molar-refractivity contribution in [3.05, 3.63) is 0 Å². The first-order chi connectivity index (χ1) is 6.13. The smallest absolute Gasteiger partial charge is 0.235 e. The van der Waals surface area contributed by atoms with Crippen LogP contribution in [0.1, 0.15) is 39.0 Å². The molecule has 1 aliphatic carbocycles. The molecule has 0 spiro atoms. The van der Waals surface area contributed by atoms with Crippen molar-refractivity contribution in [2.24, 2.45) is 17.6 Å². The summed E-state index contributed by atoms with van der Waals surface area (Å²) in [6, 6.07) is 0. The minimum atomic E-state index is -0.483. The predicted octanol–water partition coefficient (Wildman–Crippen LogP) is 2.30. The van der Waals surface area contributed by atoms with Crippen molar-refractivity contribution in [3.63, 3.8) is 0 Å². The van der Waals surface area contributed by atoms with E-state index in [4.69, 9.17) is 17.3 Å². The molecule has 0 bridgehead atoms. The number of nitrogens with two attached hydrogens (primary N) is 1. The highest BCUT2D eigenvalue weighted by Gasteiger charge is 2.28. The molecule has 2 atom stereocenters. The van der Waals surface area contributed by atoms with Gasteiger partial charge in [0.05, 0.1) is 0 Å². The van der Waals surface area contributed by atoms with Crippen LogP contribution in [0, 0.1) is 11.8 Å². The van der Waals surface area contributed by atoms with Crippen molar-refractivity contribution in [2.75, 3.05) is 0 Å². The van der Waals surface area contributed by atoms with Crippen LogP contribution in [-0.2, 0) is 4.79 Å². The maximum absolute atomic E-state index is 10.9. The number of carbonyl (C=O) groups is 1. The lowest BCUT2D eigenvalue weighted by Crippen LogP contribution is -2.34. The Hall–Kier alpha value is -0.240. The van der Waals surface area contributed by atoms with E-state index in [2.05, 4.69) is 0 Å². The van der Waals surface area contributed by atoms with Gasteiger partial charge in [-0.05, 0) is 11.8 Å². The summed E-state index contributed by atoms with van der Waals surface area (Å²) >= 11 is 5.92. The average Bonchev–Trinajstić information content (AvgIpc) is 2.17. The number of alkyl halides is 1. The van der Waals surface area contributed by atoms with Gasteiger partial charge in [-0.1, -0.05) is 39.0 Å². The van der Waals surface area contributed by atoms with Crippen molar-refractivity contribution in [1.29, 1.82) is 0 Å². The summed E-state index contributed by atoms with van der Waals surface area (Å²) in [6.45, 7) is 2.04. The van der Waals surface area contributed by atoms with Gasteiger partial charge in [0.2, 0.25) is 5.91 Å². The predicted molar refractivity (Wildman–Crippen MR) is 54.6 cm³/mol. The van der Waals surface area contributed by atoms with E-state index in [0.29, 0.717) is 5.92 Å². The Balaban J connectivity index is 2.44. The maximum atomic E-state index is 10.9. The third-order valence-electron chi connectivity index (χ3n) is 3.13. The monoisotopic (exact) mass is 203 g/mol. The highest BCUT2D eigenvalue weighted by Crippen LogP contribution is 2.32. The summed E-state index contributed by atoms with van der Waals surface area (Å²) in [5.41, 5.74) is 5.17. The van der Waals surface area contributed by atoms with Crippen LogP contribution in [0.5, 0.6) is 0 Å². The van der Waals surface area contributed by atoms with E-state index in [-0.39, 0.29) is 11.8 Å². The first-order valence-electron chi connectivity index (χ1n) is 5.06. The molecule has 0 aliphatic heterocycles. The largest absolute Gasteiger partial charge is 0.368 e. The molecule has 76 valence electrons. The van der Waals surface area contributed by atoms with Gasteiger partial charge < -0.3 is 5.73 Å². The fourth-order valence-electron chi connectivity index (χ4n) is 2.16. The Bertz CT molecular complexity index is 178. The van der Waals surface area contributed by atoms with Crippen LogP contribution in [0.2, 0.25) is 0 Å². The first kappa shape index (κ1) is 10.8. The molecular weight excluding hydrogens is 186 g/mol. The zero-order chi connectivity index (χ0) is 9.84. The molecule has 1 aliphatic rings. The van der Waals surface area contributed by atoms with Crippen molar-refractivity contribution in [2.45, 2.75) is 44.4 Å². The SMILES string of the molecule is CC(C1CCCCC1)C(Cl)C(N)=O. The quantitative estimate of drug-likeness (QED) is 0.703. The third kappa shape index (κ3) is 2.87. The number of amides is 1. The van der Waals surface area contributed by atoms with Crippen LogP contribution >= 0.6 is 11.6 Å². The molecule has 1 rings (SSSR count). The van der Waals surface area contributed by atoms with Gasteiger partial charge in [-0.25, -0.2) is 0 Å². The number of halogens is 1. The third-order valence-corrected chi connectivity index (χ3v) is 3.74. The Morgan fingerprint density at radius 3 is 2.38 bits per heavy atom. The highest BCUT2D eigenvalue weighted by atomic mass is 35.5. The number of hydrogen-bond donors (Lipinski definition) is 1. The van der Waals surface area contributed by atoms with Gasteiger partial charge in [-0.3, -0.25) is 4.79 Å². The Kier molecular flexibility index (Phi) is 4.04. The molecule has 0 aromatic carbocycles. The van der Waals surface area contributed by atoms with E-state index in [0.717, 1.165) is 0 Å². The molecule has 13 heavy (non-hydrogen) atoms. The van der Waals surface area contributed by atoms with Crippen molar-refractivity contribution >= 4 is 17.5 Å². The Morgan fingerprint density at radius 1 is 1.38 bits per heavy atom. The van der Waals surface area contributed by atoms with E-state index in [1.807, 2.05) is 6.92 Å². The molecule has 0 saturated heterocycles. The minimum Gasteiger partial charge on any atom is -0.368 e. The van der Waals surface area contributed by atoms with Crippen LogP contribution in [0.4, 0.5) is 0 Å². The van der Waals surface area contributed by atoms with Gasteiger partial charge in [0.1, 0.15) is 5.38 Å². The first-order valence-corrected chi connectivity index (χ1v) is 5.50. The minimum absolute atomic E-state index is 0.236. The number of primary amides is 1. The van der Waals surface area contributed by atoms with Crippen molar-refractivity contribution in [3.8, 4) is 0 Å². The van der Waals surface area contributed by atoms with Gasteiger partial charge in [0.15, 0.2) is 0 Å². The van der Waals surface area contributed by atoms with Gasteiger partial charge >= 0.3 is 0 Å². The standard InChI is InChI=1S/C10H18ClNO/c1-7(9(11)10(12)13)8-5-3-2-4-6-8/h7-9H,2-6H2,1H3,(H2,12,13). The normalized spacial score (nSPS) is 23.8. The number of rotatable bonds is 3.